The van der Waals surface area contributed by atoms with E-state index in [1.165, 1.54) is 13.8 Å². The maximum atomic E-state index is 14.3. The third kappa shape index (κ3) is 3.96. The van der Waals surface area contributed by atoms with E-state index in [0.717, 1.165) is 5.56 Å². The number of aliphatic hydroxyl groups is 2. The van der Waals surface area contributed by atoms with Crippen molar-refractivity contribution in [2.45, 2.75) is 76.6 Å². The molecule has 8 heteroatoms. The second-order valence-electron chi connectivity index (χ2n) is 11.7. The number of aliphatic hydroxyl groups excluding tert-OH is 1. The first-order valence-electron chi connectivity index (χ1n) is 13.4. The predicted molar refractivity (Wildman–Crippen MR) is 139 cm³/mol. The lowest BCUT2D eigenvalue weighted by Crippen LogP contribution is -2.62. The Morgan fingerprint density at radius 2 is 1.92 bits per heavy atom. The number of Topliss-reactive ketones (excluding diaryl/α,β-unsaturated/α-hetero) is 1. The number of hydrogen-bond acceptors (Lipinski definition) is 7. The highest BCUT2D eigenvalue weighted by Crippen LogP contribution is 2.61. The van der Waals surface area contributed by atoms with Crippen LogP contribution in [0.5, 0.6) is 0 Å². The van der Waals surface area contributed by atoms with Crippen LogP contribution in [0, 0.1) is 29.1 Å². The van der Waals surface area contributed by atoms with Crippen LogP contribution >= 0.6 is 0 Å². The number of amides is 1. The summed E-state index contributed by atoms with van der Waals surface area (Å²) >= 11 is 0. The van der Waals surface area contributed by atoms with Crippen LogP contribution in [-0.4, -0.2) is 63.9 Å². The van der Waals surface area contributed by atoms with Crippen LogP contribution in [-0.2, 0) is 30.3 Å². The van der Waals surface area contributed by atoms with Crippen molar-refractivity contribution >= 4 is 17.7 Å². The molecule has 1 aromatic carbocycles. The fraction of sp³-hybridized carbons (Fsp3) is 0.567. The summed E-state index contributed by atoms with van der Waals surface area (Å²) in [5, 5.41) is 26.0. The fourth-order valence-corrected chi connectivity index (χ4v) is 7.41. The molecular weight excluding hydrogens is 486 g/mol. The summed E-state index contributed by atoms with van der Waals surface area (Å²) in [6.45, 7) is 10.6. The zero-order chi connectivity index (χ0) is 27.6. The van der Waals surface area contributed by atoms with Gasteiger partial charge >= 0.3 is 5.97 Å². The number of hydrogen-bond donors (Lipinski definition) is 3. The molecule has 1 unspecified atom stereocenters. The van der Waals surface area contributed by atoms with Crippen molar-refractivity contribution in [3.63, 3.8) is 0 Å². The Labute approximate surface area is 223 Å². The number of esters is 1. The third-order valence-electron chi connectivity index (χ3n) is 9.31. The molecule has 3 fully saturated rings. The number of carbonyl (C=O) groups excluding carboxylic acids is 3. The van der Waals surface area contributed by atoms with E-state index in [1.807, 2.05) is 37.3 Å². The molecule has 0 aromatic heterocycles. The van der Waals surface area contributed by atoms with Crippen LogP contribution in [0.3, 0.4) is 0 Å². The predicted octanol–water partition coefficient (Wildman–Crippen LogP) is 2.13. The number of carbonyl (C=O) groups is 3. The second kappa shape index (κ2) is 9.43. The summed E-state index contributed by atoms with van der Waals surface area (Å²) in [5.74, 6) is -3.34. The molecule has 2 saturated heterocycles. The first-order chi connectivity index (χ1) is 17.9. The van der Waals surface area contributed by atoms with Gasteiger partial charge in [-0.05, 0) is 36.8 Å². The molecule has 2 aliphatic heterocycles. The molecule has 8 nitrogen and oxygen atoms in total. The van der Waals surface area contributed by atoms with Gasteiger partial charge in [-0.25, -0.2) is 0 Å². The van der Waals surface area contributed by atoms with Crippen LogP contribution in [0.2, 0.25) is 0 Å². The van der Waals surface area contributed by atoms with Gasteiger partial charge in [0.2, 0.25) is 5.91 Å². The van der Waals surface area contributed by atoms with Crippen molar-refractivity contribution in [3.05, 3.63) is 60.2 Å². The molecule has 0 radical (unpaired) electrons. The maximum Gasteiger partial charge on any atom is 0.303 e. The maximum absolute atomic E-state index is 14.3. The number of epoxide rings is 1. The minimum Gasteiger partial charge on any atom is -0.458 e. The van der Waals surface area contributed by atoms with Gasteiger partial charge in [0.1, 0.15) is 29.3 Å². The molecule has 0 bridgehead atoms. The largest absolute Gasteiger partial charge is 0.458 e. The van der Waals surface area contributed by atoms with Crippen LogP contribution in [0.4, 0.5) is 0 Å². The van der Waals surface area contributed by atoms with Crippen molar-refractivity contribution in [1.82, 2.24) is 5.32 Å². The molecule has 204 valence electrons. The Morgan fingerprint density at radius 1 is 1.24 bits per heavy atom. The van der Waals surface area contributed by atoms with Gasteiger partial charge in [-0.2, -0.15) is 0 Å². The first-order valence-corrected chi connectivity index (χ1v) is 13.4. The number of fused-ring (bicyclic) bond motifs is 1. The molecule has 1 spiro atoms. The Balaban J connectivity index is 1.70. The van der Waals surface area contributed by atoms with Crippen molar-refractivity contribution in [2.24, 2.45) is 29.1 Å². The van der Waals surface area contributed by atoms with E-state index in [-0.39, 0.29) is 23.7 Å². The molecule has 2 heterocycles. The number of allylic oxidation sites excluding steroid dienone is 1. The Bertz CT molecular complexity index is 1180. The average Bonchev–Trinajstić information content (AvgIpc) is 3.62. The van der Waals surface area contributed by atoms with Gasteiger partial charge in [-0.3, -0.25) is 14.4 Å². The van der Waals surface area contributed by atoms with E-state index in [0.29, 0.717) is 18.4 Å². The molecular formula is C30H37NO7. The van der Waals surface area contributed by atoms with Gasteiger partial charge in [0.05, 0.1) is 6.10 Å². The van der Waals surface area contributed by atoms with E-state index in [9.17, 15) is 24.6 Å². The molecule has 5 rings (SSSR count). The lowest BCUT2D eigenvalue weighted by Gasteiger charge is -2.52. The highest BCUT2D eigenvalue weighted by Gasteiger charge is 2.74. The summed E-state index contributed by atoms with van der Waals surface area (Å²) in [7, 11) is 0. The van der Waals surface area contributed by atoms with Gasteiger partial charge in [-0.1, -0.05) is 62.9 Å². The number of rotatable bonds is 3. The fourth-order valence-electron chi connectivity index (χ4n) is 7.41. The smallest absolute Gasteiger partial charge is 0.303 e. The Kier molecular flexibility index (Phi) is 6.65. The Morgan fingerprint density at radius 3 is 2.58 bits per heavy atom. The van der Waals surface area contributed by atoms with Gasteiger partial charge in [0.15, 0.2) is 5.78 Å². The van der Waals surface area contributed by atoms with Gasteiger partial charge in [0.25, 0.3) is 0 Å². The minimum atomic E-state index is -1.83. The third-order valence-corrected chi connectivity index (χ3v) is 9.31. The lowest BCUT2D eigenvalue weighted by atomic mass is 9.51. The molecule has 38 heavy (non-hydrogen) atoms. The summed E-state index contributed by atoms with van der Waals surface area (Å²) in [4.78, 5) is 40.0. The van der Waals surface area contributed by atoms with Gasteiger partial charge in [0, 0.05) is 30.7 Å². The molecule has 3 N–H and O–H groups in total. The monoisotopic (exact) mass is 523 g/mol. The molecule has 11 atom stereocenters. The summed E-state index contributed by atoms with van der Waals surface area (Å²) in [5.41, 5.74) is -1.60. The summed E-state index contributed by atoms with van der Waals surface area (Å²) in [6.07, 6.45) is 0.350. The molecule has 1 aromatic rings. The number of ketones is 1. The van der Waals surface area contributed by atoms with E-state index in [2.05, 4.69) is 11.9 Å². The van der Waals surface area contributed by atoms with Crippen molar-refractivity contribution in [1.29, 1.82) is 0 Å². The molecule has 4 aliphatic rings. The number of nitrogens with one attached hydrogen (secondary N) is 1. The quantitative estimate of drug-likeness (QED) is 0.315. The number of benzene rings is 1. The first kappa shape index (κ1) is 26.8. The molecule has 1 amide bonds. The highest BCUT2D eigenvalue weighted by atomic mass is 16.6. The number of ether oxygens (including phenoxy) is 2. The second-order valence-corrected chi connectivity index (χ2v) is 11.7. The zero-order valence-corrected chi connectivity index (χ0v) is 22.3. The summed E-state index contributed by atoms with van der Waals surface area (Å²) in [6, 6.07) is 9.48. The van der Waals surface area contributed by atoms with E-state index in [1.54, 1.807) is 19.1 Å². The van der Waals surface area contributed by atoms with E-state index < -0.39 is 59.2 Å². The van der Waals surface area contributed by atoms with Crippen molar-refractivity contribution < 1.29 is 34.1 Å². The SMILES string of the molecule is C=C1[C@@H](C)[C@H]2[C@H](Cc3ccccc3)NC(=O)C23[C@H](OC(C)=O)[C@@H]2O[C@H]2[C@@](C)(O)C(=O)[C@@H](C)C/C=C/[C@H]3[C@@H]1O. The van der Waals surface area contributed by atoms with Crippen molar-refractivity contribution in [2.75, 3.05) is 0 Å². The van der Waals surface area contributed by atoms with E-state index in [4.69, 9.17) is 9.47 Å². The average molecular weight is 524 g/mol. The zero-order valence-electron chi connectivity index (χ0n) is 22.3. The minimum absolute atomic E-state index is 0.302. The highest BCUT2D eigenvalue weighted by molar-refractivity contribution is 5.91. The van der Waals surface area contributed by atoms with Crippen molar-refractivity contribution in [3.8, 4) is 0 Å². The Hall–Kier alpha value is -2.81. The van der Waals surface area contributed by atoms with E-state index >= 15 is 0 Å². The molecule has 2 aliphatic carbocycles. The van der Waals surface area contributed by atoms with Crippen LogP contribution in [0.15, 0.2) is 54.6 Å². The lowest BCUT2D eigenvalue weighted by molar-refractivity contribution is -0.175. The van der Waals surface area contributed by atoms with Gasteiger partial charge < -0.3 is 25.0 Å². The van der Waals surface area contributed by atoms with Crippen LogP contribution in [0.1, 0.15) is 39.7 Å². The normalized spacial score (nSPS) is 45.1. The van der Waals surface area contributed by atoms with Gasteiger partial charge in [-0.15, -0.1) is 0 Å². The summed E-state index contributed by atoms with van der Waals surface area (Å²) < 4.78 is 11.9. The van der Waals surface area contributed by atoms with Crippen LogP contribution in [0.25, 0.3) is 0 Å². The van der Waals surface area contributed by atoms with Crippen LogP contribution < -0.4 is 5.32 Å². The molecule has 1 saturated carbocycles. The standard InChI is InChI=1S/C30H37NO7/c1-15-10-9-13-20-23(33)17(3)16(2)22-21(14-19-11-7-6-8-12-19)31-28(35)30(20,22)27(37-18(4)32)24-26(38-24)29(5,36)25(15)34/h6-9,11-13,15-16,20-24,26-27,33,36H,3,10,14H2,1-2,4-5H3,(H,31,35)/b13-9+/t15-,16+,20-,21-,22-,23+,24+,26+,27+,29-,30?/m0/s1. The topological polar surface area (TPSA) is 125 Å².